The van der Waals surface area contributed by atoms with Crippen LogP contribution in [-0.4, -0.2) is 42.1 Å². The van der Waals surface area contributed by atoms with Gasteiger partial charge in [-0.3, -0.25) is 10.1 Å². The predicted octanol–water partition coefficient (Wildman–Crippen LogP) is 2.00. The number of hydrogen-bond acceptors (Lipinski definition) is 6. The molecule has 1 aromatic heterocycles. The van der Waals surface area contributed by atoms with E-state index in [0.717, 1.165) is 31.8 Å². The minimum absolute atomic E-state index is 0.0101. The molecule has 1 aliphatic rings. The van der Waals surface area contributed by atoms with Crippen LogP contribution in [0.4, 0.5) is 17.5 Å². The van der Waals surface area contributed by atoms with E-state index in [1.165, 1.54) is 0 Å². The fourth-order valence-corrected chi connectivity index (χ4v) is 2.41. The molecule has 0 N–H and O–H groups in total. The third-order valence-electron chi connectivity index (χ3n) is 3.70. The van der Waals surface area contributed by atoms with E-state index in [1.807, 2.05) is 0 Å². The van der Waals surface area contributed by atoms with Gasteiger partial charge in [-0.1, -0.05) is 6.92 Å². The number of hydrogen-bond donors (Lipinski definition) is 0. The molecule has 0 amide bonds. The summed E-state index contributed by atoms with van der Waals surface area (Å²) in [6.07, 6.45) is 2.22. The molecule has 0 aromatic carbocycles. The molecule has 110 valence electrons. The van der Waals surface area contributed by atoms with E-state index in [0.29, 0.717) is 17.5 Å². The average Bonchev–Trinajstić information content (AvgIpc) is 2.37. The number of rotatable bonds is 3. The van der Waals surface area contributed by atoms with Crippen LogP contribution in [0, 0.1) is 23.0 Å². The summed E-state index contributed by atoms with van der Waals surface area (Å²) in [7, 11) is 3.52. The van der Waals surface area contributed by atoms with Crippen molar-refractivity contribution in [3.63, 3.8) is 0 Å². The number of aryl methyl sites for hydroxylation is 1. The van der Waals surface area contributed by atoms with Gasteiger partial charge >= 0.3 is 5.69 Å². The van der Waals surface area contributed by atoms with E-state index in [9.17, 15) is 10.1 Å². The van der Waals surface area contributed by atoms with Gasteiger partial charge in [0.05, 0.1) is 4.92 Å². The number of anilines is 2. The maximum Gasteiger partial charge on any atom is 0.332 e. The van der Waals surface area contributed by atoms with Crippen molar-refractivity contribution in [2.75, 3.05) is 37.0 Å². The highest BCUT2D eigenvalue weighted by atomic mass is 16.6. The molecule has 7 heteroatoms. The van der Waals surface area contributed by atoms with Gasteiger partial charge in [0.25, 0.3) is 0 Å². The van der Waals surface area contributed by atoms with E-state index in [-0.39, 0.29) is 5.69 Å². The van der Waals surface area contributed by atoms with Crippen molar-refractivity contribution in [1.29, 1.82) is 0 Å². The molecule has 1 saturated heterocycles. The molecule has 1 fully saturated rings. The van der Waals surface area contributed by atoms with Crippen molar-refractivity contribution < 1.29 is 4.92 Å². The van der Waals surface area contributed by atoms with Gasteiger partial charge in [-0.25, -0.2) is 4.98 Å². The molecule has 0 radical (unpaired) electrons. The molecule has 2 heterocycles. The van der Waals surface area contributed by atoms with Gasteiger partial charge in [-0.05, 0) is 25.7 Å². The molecule has 0 spiro atoms. The largest absolute Gasteiger partial charge is 0.357 e. The smallest absolute Gasteiger partial charge is 0.332 e. The molecule has 0 aliphatic carbocycles. The second-order valence-electron chi connectivity index (χ2n) is 5.60. The Labute approximate surface area is 118 Å². The summed E-state index contributed by atoms with van der Waals surface area (Å²) in [4.78, 5) is 23.3. The van der Waals surface area contributed by atoms with E-state index >= 15 is 0 Å². The van der Waals surface area contributed by atoms with Gasteiger partial charge in [0.15, 0.2) is 0 Å². The summed E-state index contributed by atoms with van der Waals surface area (Å²) in [5.41, 5.74) is 0.409. The zero-order valence-electron chi connectivity index (χ0n) is 12.5. The molecule has 0 unspecified atom stereocenters. The number of aromatic nitrogens is 2. The first-order chi connectivity index (χ1) is 9.40. The Hall–Kier alpha value is -1.92. The van der Waals surface area contributed by atoms with E-state index in [4.69, 9.17) is 0 Å². The highest BCUT2D eigenvalue weighted by Gasteiger charge is 2.26. The zero-order valence-corrected chi connectivity index (χ0v) is 12.5. The van der Waals surface area contributed by atoms with Crippen molar-refractivity contribution >= 4 is 17.5 Å². The van der Waals surface area contributed by atoms with Crippen LogP contribution in [0.15, 0.2) is 0 Å². The molecule has 7 nitrogen and oxygen atoms in total. The van der Waals surface area contributed by atoms with Gasteiger partial charge in [0.2, 0.25) is 11.8 Å². The number of nitro groups is 1. The fourth-order valence-electron chi connectivity index (χ4n) is 2.41. The van der Waals surface area contributed by atoms with Gasteiger partial charge in [-0.2, -0.15) is 4.98 Å². The van der Waals surface area contributed by atoms with E-state index in [2.05, 4.69) is 21.8 Å². The Kier molecular flexibility index (Phi) is 4.06. The Morgan fingerprint density at radius 2 is 1.90 bits per heavy atom. The molecule has 0 saturated carbocycles. The highest BCUT2D eigenvalue weighted by Crippen LogP contribution is 2.30. The molecule has 2 rings (SSSR count). The Balaban J connectivity index is 2.38. The van der Waals surface area contributed by atoms with Crippen LogP contribution in [0.3, 0.4) is 0 Å². The molecule has 0 atom stereocenters. The first-order valence-electron chi connectivity index (χ1n) is 6.85. The van der Waals surface area contributed by atoms with Crippen molar-refractivity contribution in [1.82, 2.24) is 9.97 Å². The lowest BCUT2D eigenvalue weighted by atomic mass is 10.00. The maximum atomic E-state index is 11.2. The Bertz CT molecular complexity index is 510. The average molecular weight is 279 g/mol. The van der Waals surface area contributed by atoms with Crippen molar-refractivity contribution in [3.05, 3.63) is 15.8 Å². The summed E-state index contributed by atoms with van der Waals surface area (Å²) in [6, 6.07) is 0. The van der Waals surface area contributed by atoms with Crippen molar-refractivity contribution in [3.8, 4) is 0 Å². The third-order valence-corrected chi connectivity index (χ3v) is 3.70. The molecule has 0 bridgehead atoms. The van der Waals surface area contributed by atoms with Crippen LogP contribution in [0.1, 0.15) is 25.5 Å². The van der Waals surface area contributed by atoms with Gasteiger partial charge in [0, 0.05) is 27.2 Å². The second-order valence-corrected chi connectivity index (χ2v) is 5.60. The quantitative estimate of drug-likeness (QED) is 0.622. The topological polar surface area (TPSA) is 75.4 Å². The standard InChI is InChI=1S/C13H21N5O2/c1-9-5-7-17(8-6-9)13-14-10(2)11(18(19)20)12(15-13)16(3)4/h9H,5-8H2,1-4H3. The van der Waals surface area contributed by atoms with E-state index < -0.39 is 4.92 Å². The van der Waals surface area contributed by atoms with Crippen molar-refractivity contribution in [2.24, 2.45) is 5.92 Å². The molecule has 1 aromatic rings. The van der Waals surface area contributed by atoms with Crippen LogP contribution < -0.4 is 9.80 Å². The zero-order chi connectivity index (χ0) is 14.9. The lowest BCUT2D eigenvalue weighted by Gasteiger charge is -2.30. The predicted molar refractivity (Wildman–Crippen MR) is 78.4 cm³/mol. The Morgan fingerprint density at radius 3 is 2.40 bits per heavy atom. The van der Waals surface area contributed by atoms with Crippen LogP contribution in [0.25, 0.3) is 0 Å². The lowest BCUT2D eigenvalue weighted by Crippen LogP contribution is -2.34. The highest BCUT2D eigenvalue weighted by molar-refractivity contribution is 5.62. The van der Waals surface area contributed by atoms with Gasteiger partial charge < -0.3 is 9.80 Å². The van der Waals surface area contributed by atoms with Crippen LogP contribution in [-0.2, 0) is 0 Å². The lowest BCUT2D eigenvalue weighted by molar-refractivity contribution is -0.385. The summed E-state index contributed by atoms with van der Waals surface area (Å²) in [5.74, 6) is 1.69. The van der Waals surface area contributed by atoms with E-state index in [1.54, 1.807) is 25.9 Å². The number of piperidine rings is 1. The van der Waals surface area contributed by atoms with Gasteiger partial charge in [0.1, 0.15) is 5.69 Å². The monoisotopic (exact) mass is 279 g/mol. The summed E-state index contributed by atoms with van der Waals surface area (Å²) in [5, 5.41) is 11.2. The minimum Gasteiger partial charge on any atom is -0.357 e. The third kappa shape index (κ3) is 2.81. The van der Waals surface area contributed by atoms with Crippen LogP contribution >= 0.6 is 0 Å². The molecular formula is C13H21N5O2. The normalized spacial score (nSPS) is 16.3. The first-order valence-corrected chi connectivity index (χ1v) is 6.85. The number of nitrogens with zero attached hydrogens (tertiary/aromatic N) is 5. The van der Waals surface area contributed by atoms with Crippen molar-refractivity contribution in [2.45, 2.75) is 26.7 Å². The summed E-state index contributed by atoms with van der Waals surface area (Å²) < 4.78 is 0. The SMILES string of the molecule is Cc1nc(N2CCC(C)CC2)nc(N(C)C)c1[N+](=O)[O-]. The minimum atomic E-state index is -0.410. The Morgan fingerprint density at radius 1 is 1.30 bits per heavy atom. The van der Waals surface area contributed by atoms with Gasteiger partial charge in [-0.15, -0.1) is 0 Å². The molecular weight excluding hydrogens is 258 g/mol. The van der Waals surface area contributed by atoms with Crippen LogP contribution in [0.5, 0.6) is 0 Å². The summed E-state index contributed by atoms with van der Waals surface area (Å²) >= 11 is 0. The molecule has 1 aliphatic heterocycles. The fraction of sp³-hybridized carbons (Fsp3) is 0.692. The molecule has 20 heavy (non-hydrogen) atoms. The second kappa shape index (κ2) is 5.60. The first kappa shape index (κ1) is 14.5. The maximum absolute atomic E-state index is 11.2. The van der Waals surface area contributed by atoms with Crippen LogP contribution in [0.2, 0.25) is 0 Å². The summed E-state index contributed by atoms with van der Waals surface area (Å²) in [6.45, 7) is 5.73.